The molecule has 0 aromatic carbocycles. The number of carbonyl (C=O) groups is 2. The summed E-state index contributed by atoms with van der Waals surface area (Å²) in [5.41, 5.74) is 0. The number of ether oxygens (including phenoxy) is 1. The smallest absolute Gasteiger partial charge is 0.324 e. The number of hydrogen-bond donors (Lipinski definition) is 1. The average molecular weight is 253 g/mol. The van der Waals surface area contributed by atoms with E-state index in [2.05, 4.69) is 10.2 Å². The number of imide groups is 1. The standard InChI is InChI=1S/C12H19N3O3/c16-11-5-13-12(17)15(11)10-7-14(8-10)6-9-1-3-18-4-2-9/h9-10H,1-8H2,(H,13,17). The third-order valence-electron chi connectivity index (χ3n) is 4.04. The van der Waals surface area contributed by atoms with E-state index >= 15 is 0 Å². The normalized spacial score (nSPS) is 27.4. The third kappa shape index (κ3) is 2.22. The zero-order chi connectivity index (χ0) is 12.5. The van der Waals surface area contributed by atoms with Crippen molar-refractivity contribution >= 4 is 11.9 Å². The van der Waals surface area contributed by atoms with E-state index in [0.29, 0.717) is 5.92 Å². The Labute approximate surface area is 106 Å². The highest BCUT2D eigenvalue weighted by atomic mass is 16.5. The Kier molecular flexibility index (Phi) is 3.22. The van der Waals surface area contributed by atoms with E-state index in [1.54, 1.807) is 0 Å². The van der Waals surface area contributed by atoms with Gasteiger partial charge in [-0.05, 0) is 18.8 Å². The number of hydrogen-bond acceptors (Lipinski definition) is 4. The molecule has 0 aromatic heterocycles. The largest absolute Gasteiger partial charge is 0.381 e. The van der Waals surface area contributed by atoms with Crippen LogP contribution in [0.2, 0.25) is 0 Å². The van der Waals surface area contributed by atoms with Crippen molar-refractivity contribution in [1.82, 2.24) is 15.1 Å². The van der Waals surface area contributed by atoms with E-state index in [4.69, 9.17) is 4.74 Å². The molecule has 0 aromatic rings. The lowest BCUT2D eigenvalue weighted by Crippen LogP contribution is -2.61. The molecule has 3 rings (SSSR count). The predicted octanol–water partition coefficient (Wildman–Crippen LogP) is -0.351. The molecule has 18 heavy (non-hydrogen) atoms. The lowest BCUT2D eigenvalue weighted by Gasteiger charge is -2.44. The maximum Gasteiger partial charge on any atom is 0.324 e. The van der Waals surface area contributed by atoms with Gasteiger partial charge in [-0.15, -0.1) is 0 Å². The first-order valence-corrected chi connectivity index (χ1v) is 6.64. The van der Waals surface area contributed by atoms with Crippen LogP contribution in [0, 0.1) is 5.92 Å². The summed E-state index contributed by atoms with van der Waals surface area (Å²) in [5.74, 6) is 0.624. The Bertz CT molecular complexity index is 332. The van der Waals surface area contributed by atoms with Crippen LogP contribution >= 0.6 is 0 Å². The highest BCUT2D eigenvalue weighted by molar-refractivity contribution is 6.02. The first kappa shape index (κ1) is 11.9. The van der Waals surface area contributed by atoms with Crippen LogP contribution in [0.15, 0.2) is 0 Å². The predicted molar refractivity (Wildman–Crippen MR) is 64.0 cm³/mol. The first-order chi connectivity index (χ1) is 8.74. The van der Waals surface area contributed by atoms with Gasteiger partial charge in [-0.1, -0.05) is 0 Å². The highest BCUT2D eigenvalue weighted by Gasteiger charge is 2.41. The molecule has 6 heteroatoms. The molecule has 3 heterocycles. The molecule has 1 N–H and O–H groups in total. The second-order valence-electron chi connectivity index (χ2n) is 5.35. The zero-order valence-electron chi connectivity index (χ0n) is 10.4. The third-order valence-corrected chi connectivity index (χ3v) is 4.04. The molecule has 3 aliphatic rings. The van der Waals surface area contributed by atoms with Gasteiger partial charge in [0, 0.05) is 32.8 Å². The Balaban J connectivity index is 1.45. The van der Waals surface area contributed by atoms with Gasteiger partial charge in [-0.25, -0.2) is 4.79 Å². The summed E-state index contributed by atoms with van der Waals surface area (Å²) >= 11 is 0. The van der Waals surface area contributed by atoms with Gasteiger partial charge in [0.2, 0.25) is 5.91 Å². The SMILES string of the molecule is O=C1CNC(=O)N1C1CN(CC2CCOCC2)C1. The van der Waals surface area contributed by atoms with Crippen molar-refractivity contribution in [3.63, 3.8) is 0 Å². The Morgan fingerprint density at radius 3 is 2.56 bits per heavy atom. The van der Waals surface area contributed by atoms with Crippen LogP contribution in [0.4, 0.5) is 4.79 Å². The Morgan fingerprint density at radius 2 is 1.94 bits per heavy atom. The minimum absolute atomic E-state index is 0.0832. The zero-order valence-corrected chi connectivity index (χ0v) is 10.4. The van der Waals surface area contributed by atoms with E-state index in [-0.39, 0.29) is 24.5 Å². The van der Waals surface area contributed by atoms with E-state index in [1.807, 2.05) is 0 Å². The van der Waals surface area contributed by atoms with Crippen molar-refractivity contribution in [2.75, 3.05) is 39.4 Å². The van der Waals surface area contributed by atoms with Crippen molar-refractivity contribution in [2.45, 2.75) is 18.9 Å². The molecule has 0 unspecified atom stereocenters. The lowest BCUT2D eigenvalue weighted by atomic mass is 9.97. The molecule has 0 spiro atoms. The van der Waals surface area contributed by atoms with Gasteiger partial charge in [0.15, 0.2) is 0 Å². The Hall–Kier alpha value is -1.14. The van der Waals surface area contributed by atoms with Gasteiger partial charge in [0.05, 0.1) is 12.6 Å². The van der Waals surface area contributed by atoms with Crippen LogP contribution in [-0.4, -0.2) is 67.2 Å². The maximum absolute atomic E-state index is 11.5. The summed E-state index contributed by atoms with van der Waals surface area (Å²) in [4.78, 5) is 26.7. The highest BCUT2D eigenvalue weighted by Crippen LogP contribution is 2.22. The fourth-order valence-electron chi connectivity index (χ4n) is 2.95. The van der Waals surface area contributed by atoms with Crippen molar-refractivity contribution in [3.8, 4) is 0 Å². The summed E-state index contributed by atoms with van der Waals surface area (Å²) in [7, 11) is 0. The fraction of sp³-hybridized carbons (Fsp3) is 0.833. The molecule has 0 radical (unpaired) electrons. The number of rotatable bonds is 3. The molecule has 0 aliphatic carbocycles. The number of nitrogens with zero attached hydrogens (tertiary/aromatic N) is 2. The van der Waals surface area contributed by atoms with Gasteiger partial charge in [-0.2, -0.15) is 0 Å². The molecule has 0 atom stereocenters. The molecule has 3 aliphatic heterocycles. The minimum atomic E-state index is -0.226. The summed E-state index contributed by atoms with van der Waals surface area (Å²) in [6.07, 6.45) is 2.26. The molecule has 3 fully saturated rings. The molecular weight excluding hydrogens is 234 g/mol. The fourth-order valence-corrected chi connectivity index (χ4v) is 2.95. The lowest BCUT2D eigenvalue weighted by molar-refractivity contribution is -0.129. The molecule has 6 nitrogen and oxygen atoms in total. The summed E-state index contributed by atoms with van der Waals surface area (Å²) in [5, 5.41) is 2.57. The quantitative estimate of drug-likeness (QED) is 0.698. The summed E-state index contributed by atoms with van der Waals surface area (Å²) < 4.78 is 5.34. The second kappa shape index (κ2) is 4.85. The minimum Gasteiger partial charge on any atom is -0.381 e. The van der Waals surface area contributed by atoms with E-state index in [9.17, 15) is 9.59 Å². The summed E-state index contributed by atoms with van der Waals surface area (Å²) in [6, 6.07) is -0.143. The van der Waals surface area contributed by atoms with Crippen LogP contribution in [0.3, 0.4) is 0 Å². The van der Waals surface area contributed by atoms with Crippen LogP contribution < -0.4 is 5.32 Å². The van der Waals surface area contributed by atoms with Gasteiger partial charge in [0.1, 0.15) is 0 Å². The van der Waals surface area contributed by atoms with Crippen molar-refractivity contribution in [3.05, 3.63) is 0 Å². The second-order valence-corrected chi connectivity index (χ2v) is 5.35. The number of carbonyl (C=O) groups excluding carboxylic acids is 2. The van der Waals surface area contributed by atoms with E-state index < -0.39 is 0 Å². The first-order valence-electron chi connectivity index (χ1n) is 6.64. The van der Waals surface area contributed by atoms with E-state index in [1.165, 1.54) is 4.90 Å². The molecule has 3 saturated heterocycles. The molecule has 3 amide bonds. The maximum atomic E-state index is 11.5. The topological polar surface area (TPSA) is 61.9 Å². The Morgan fingerprint density at radius 1 is 1.22 bits per heavy atom. The van der Waals surface area contributed by atoms with Crippen molar-refractivity contribution in [2.24, 2.45) is 5.92 Å². The van der Waals surface area contributed by atoms with Crippen molar-refractivity contribution in [1.29, 1.82) is 0 Å². The number of amides is 3. The molecule has 0 bridgehead atoms. The van der Waals surface area contributed by atoms with E-state index in [0.717, 1.165) is 45.7 Å². The average Bonchev–Trinajstić information content (AvgIpc) is 2.65. The van der Waals surface area contributed by atoms with Crippen LogP contribution in [0.25, 0.3) is 0 Å². The molecule has 100 valence electrons. The van der Waals surface area contributed by atoms with Gasteiger partial charge < -0.3 is 10.1 Å². The van der Waals surface area contributed by atoms with Gasteiger partial charge >= 0.3 is 6.03 Å². The molecular formula is C12H19N3O3. The number of nitrogens with one attached hydrogen (secondary N) is 1. The molecule has 0 saturated carbocycles. The number of urea groups is 1. The van der Waals surface area contributed by atoms with Gasteiger partial charge in [-0.3, -0.25) is 14.6 Å². The van der Waals surface area contributed by atoms with Crippen LogP contribution in [-0.2, 0) is 9.53 Å². The monoisotopic (exact) mass is 253 g/mol. The van der Waals surface area contributed by atoms with Crippen LogP contribution in [0.1, 0.15) is 12.8 Å². The van der Waals surface area contributed by atoms with Crippen molar-refractivity contribution < 1.29 is 14.3 Å². The summed E-state index contributed by atoms with van der Waals surface area (Å²) in [6.45, 7) is 4.63. The van der Waals surface area contributed by atoms with Gasteiger partial charge in [0.25, 0.3) is 0 Å². The van der Waals surface area contributed by atoms with Crippen LogP contribution in [0.5, 0.6) is 0 Å². The number of likely N-dealkylation sites (tertiary alicyclic amines) is 1.